The molecular weight excluding hydrogens is 262 g/mol. The fraction of sp³-hybridized carbons (Fsp3) is 0.571. The van der Waals surface area contributed by atoms with E-state index in [0.717, 1.165) is 11.5 Å². The molecule has 1 aliphatic heterocycles. The SMILES string of the molecule is COC1=CC2(C=C(OC)C1=O)CC(C)(C)N=C2SC. The third kappa shape index (κ3) is 2.31. The van der Waals surface area contributed by atoms with Gasteiger partial charge in [0.15, 0.2) is 11.5 Å². The van der Waals surface area contributed by atoms with Gasteiger partial charge in [-0.15, -0.1) is 11.8 Å². The maximum atomic E-state index is 12.1. The molecule has 0 aromatic heterocycles. The van der Waals surface area contributed by atoms with Crippen molar-refractivity contribution in [1.29, 1.82) is 0 Å². The number of ether oxygens (including phenoxy) is 2. The van der Waals surface area contributed by atoms with Crippen LogP contribution in [0.5, 0.6) is 0 Å². The van der Waals surface area contributed by atoms with Crippen LogP contribution in [0.25, 0.3) is 0 Å². The molecule has 2 aliphatic rings. The molecule has 0 aromatic rings. The Morgan fingerprint density at radius 1 is 1.21 bits per heavy atom. The Kier molecular flexibility index (Phi) is 3.51. The molecule has 104 valence electrons. The van der Waals surface area contributed by atoms with E-state index in [9.17, 15) is 4.79 Å². The van der Waals surface area contributed by atoms with Crippen LogP contribution in [0.2, 0.25) is 0 Å². The summed E-state index contributed by atoms with van der Waals surface area (Å²) in [7, 11) is 3.01. The average Bonchev–Trinajstić information content (AvgIpc) is 2.62. The van der Waals surface area contributed by atoms with Gasteiger partial charge in [0.2, 0.25) is 0 Å². The highest BCUT2D eigenvalue weighted by Gasteiger charge is 2.47. The molecule has 1 aliphatic carbocycles. The number of allylic oxidation sites excluding steroid dienone is 2. The Morgan fingerprint density at radius 3 is 2.16 bits per heavy atom. The van der Waals surface area contributed by atoms with Crippen LogP contribution >= 0.6 is 11.8 Å². The van der Waals surface area contributed by atoms with E-state index >= 15 is 0 Å². The molecule has 0 aromatic carbocycles. The first-order chi connectivity index (χ1) is 8.87. The van der Waals surface area contributed by atoms with Crippen molar-refractivity contribution in [2.45, 2.75) is 25.8 Å². The van der Waals surface area contributed by atoms with E-state index in [2.05, 4.69) is 13.8 Å². The lowest BCUT2D eigenvalue weighted by molar-refractivity contribution is -0.118. The molecule has 2 rings (SSSR count). The van der Waals surface area contributed by atoms with Gasteiger partial charge in [-0.2, -0.15) is 0 Å². The molecule has 0 amide bonds. The minimum Gasteiger partial charge on any atom is -0.493 e. The summed E-state index contributed by atoms with van der Waals surface area (Å²) < 4.78 is 10.4. The third-order valence-electron chi connectivity index (χ3n) is 3.39. The Bertz CT molecular complexity index is 479. The second-order valence-electron chi connectivity index (χ2n) is 5.41. The van der Waals surface area contributed by atoms with E-state index in [1.165, 1.54) is 14.2 Å². The first-order valence-electron chi connectivity index (χ1n) is 6.10. The summed E-state index contributed by atoms with van der Waals surface area (Å²) in [6.45, 7) is 4.18. The van der Waals surface area contributed by atoms with Gasteiger partial charge in [-0.3, -0.25) is 9.79 Å². The number of carbonyl (C=O) groups excluding carboxylic acids is 1. The van der Waals surface area contributed by atoms with Gasteiger partial charge >= 0.3 is 0 Å². The fourth-order valence-corrected chi connectivity index (χ4v) is 3.64. The van der Waals surface area contributed by atoms with Gasteiger partial charge in [0.1, 0.15) is 0 Å². The second kappa shape index (κ2) is 4.71. The van der Waals surface area contributed by atoms with Gasteiger partial charge in [0.05, 0.1) is 30.2 Å². The molecule has 0 unspecified atom stereocenters. The van der Waals surface area contributed by atoms with Gasteiger partial charge in [-0.1, -0.05) is 0 Å². The van der Waals surface area contributed by atoms with Crippen LogP contribution < -0.4 is 0 Å². The number of rotatable bonds is 2. The highest BCUT2D eigenvalue weighted by atomic mass is 32.2. The lowest BCUT2D eigenvalue weighted by atomic mass is 9.77. The molecule has 0 N–H and O–H groups in total. The van der Waals surface area contributed by atoms with Crippen LogP contribution in [0, 0.1) is 5.41 Å². The fourth-order valence-electron chi connectivity index (χ4n) is 2.74. The van der Waals surface area contributed by atoms with Crippen molar-refractivity contribution >= 4 is 22.6 Å². The molecular formula is C14H19NO3S. The van der Waals surface area contributed by atoms with Crippen LogP contribution in [-0.2, 0) is 14.3 Å². The molecule has 0 saturated heterocycles. The zero-order valence-corrected chi connectivity index (χ0v) is 12.8. The molecule has 1 heterocycles. The number of thioether (sulfide) groups is 1. The molecule has 0 bridgehead atoms. The van der Waals surface area contributed by atoms with Gasteiger partial charge in [-0.05, 0) is 38.7 Å². The minimum atomic E-state index is -0.381. The van der Waals surface area contributed by atoms with Crippen LogP contribution in [-0.4, -0.2) is 36.8 Å². The van der Waals surface area contributed by atoms with E-state index in [1.807, 2.05) is 18.4 Å². The molecule has 0 fully saturated rings. The van der Waals surface area contributed by atoms with Crippen LogP contribution in [0.1, 0.15) is 20.3 Å². The standard InChI is InChI=1S/C14H19NO3S/c1-13(2)8-14(12(15-13)19-5)6-9(17-3)11(16)10(7-14)18-4/h6-7H,8H2,1-5H3. The molecule has 4 nitrogen and oxygen atoms in total. The lowest BCUT2D eigenvalue weighted by Crippen LogP contribution is -2.31. The number of nitrogens with zero attached hydrogens (tertiary/aromatic N) is 1. The Balaban J connectivity index is 2.54. The Morgan fingerprint density at radius 2 is 1.74 bits per heavy atom. The quantitative estimate of drug-likeness (QED) is 0.780. The molecule has 0 atom stereocenters. The van der Waals surface area contributed by atoms with E-state index in [1.54, 1.807) is 11.8 Å². The first-order valence-corrected chi connectivity index (χ1v) is 7.33. The van der Waals surface area contributed by atoms with E-state index < -0.39 is 0 Å². The Labute approximate surface area is 117 Å². The number of aliphatic imine (C=N–C) groups is 1. The topological polar surface area (TPSA) is 47.9 Å². The predicted octanol–water partition coefficient (Wildman–Crippen LogP) is 2.56. The van der Waals surface area contributed by atoms with Gasteiger partial charge in [-0.25, -0.2) is 0 Å². The predicted molar refractivity (Wildman–Crippen MR) is 77.3 cm³/mol. The van der Waals surface area contributed by atoms with Gasteiger partial charge < -0.3 is 9.47 Å². The van der Waals surface area contributed by atoms with Crippen molar-refractivity contribution in [1.82, 2.24) is 0 Å². The van der Waals surface area contributed by atoms with Gasteiger partial charge in [0, 0.05) is 0 Å². The molecule has 0 saturated carbocycles. The minimum absolute atomic E-state index is 0.149. The summed E-state index contributed by atoms with van der Waals surface area (Å²) in [5, 5.41) is 0.995. The maximum absolute atomic E-state index is 12.1. The number of Topliss-reactive ketones (excluding diaryl/α,β-unsaturated/α-hetero) is 1. The summed E-state index contributed by atoms with van der Waals surface area (Å²) in [5.41, 5.74) is -0.531. The van der Waals surface area contributed by atoms with E-state index in [0.29, 0.717) is 11.5 Å². The molecule has 19 heavy (non-hydrogen) atoms. The van der Waals surface area contributed by atoms with Crippen LogP contribution in [0.3, 0.4) is 0 Å². The largest absolute Gasteiger partial charge is 0.493 e. The number of methoxy groups -OCH3 is 2. The highest BCUT2D eigenvalue weighted by Crippen LogP contribution is 2.48. The smallest absolute Gasteiger partial charge is 0.261 e. The van der Waals surface area contributed by atoms with Crippen molar-refractivity contribution in [3.63, 3.8) is 0 Å². The summed E-state index contributed by atoms with van der Waals surface area (Å²) in [6.07, 6.45) is 6.56. The van der Waals surface area contributed by atoms with Crippen molar-refractivity contribution < 1.29 is 14.3 Å². The number of carbonyl (C=O) groups is 1. The van der Waals surface area contributed by atoms with Crippen LogP contribution in [0.4, 0.5) is 0 Å². The van der Waals surface area contributed by atoms with Gasteiger partial charge in [0.25, 0.3) is 5.78 Å². The Hall–Kier alpha value is -1.23. The van der Waals surface area contributed by atoms with Crippen molar-refractivity contribution in [2.24, 2.45) is 10.4 Å². The zero-order valence-electron chi connectivity index (χ0n) is 11.9. The van der Waals surface area contributed by atoms with E-state index in [-0.39, 0.29) is 16.7 Å². The number of ketones is 1. The van der Waals surface area contributed by atoms with Crippen molar-refractivity contribution in [3.8, 4) is 0 Å². The summed E-state index contributed by atoms with van der Waals surface area (Å²) in [5.74, 6) is 0.457. The number of hydrogen-bond donors (Lipinski definition) is 0. The van der Waals surface area contributed by atoms with Crippen LogP contribution in [0.15, 0.2) is 28.7 Å². The second-order valence-corrected chi connectivity index (χ2v) is 6.20. The highest BCUT2D eigenvalue weighted by molar-refractivity contribution is 8.13. The molecule has 5 heteroatoms. The average molecular weight is 281 g/mol. The molecule has 0 radical (unpaired) electrons. The van der Waals surface area contributed by atoms with Crippen molar-refractivity contribution in [3.05, 3.63) is 23.7 Å². The monoisotopic (exact) mass is 281 g/mol. The van der Waals surface area contributed by atoms with Crippen molar-refractivity contribution in [2.75, 3.05) is 20.5 Å². The zero-order chi connectivity index (χ0) is 14.3. The summed E-state index contributed by atoms with van der Waals surface area (Å²) in [4.78, 5) is 16.8. The normalized spacial score (nSPS) is 23.8. The van der Waals surface area contributed by atoms with E-state index in [4.69, 9.17) is 14.5 Å². The summed E-state index contributed by atoms with van der Waals surface area (Å²) in [6, 6.07) is 0. The number of hydrogen-bond acceptors (Lipinski definition) is 5. The third-order valence-corrected chi connectivity index (χ3v) is 4.24. The first kappa shape index (κ1) is 14.2. The molecule has 1 spiro atoms. The maximum Gasteiger partial charge on any atom is 0.261 e. The lowest BCUT2D eigenvalue weighted by Gasteiger charge is -2.29. The summed E-state index contributed by atoms with van der Waals surface area (Å²) >= 11 is 1.60.